The molecule has 0 spiro atoms. The van der Waals surface area contributed by atoms with Gasteiger partial charge in [0.1, 0.15) is 5.76 Å². The second kappa shape index (κ2) is 9.05. The van der Waals surface area contributed by atoms with Gasteiger partial charge in [-0.25, -0.2) is 4.98 Å². The van der Waals surface area contributed by atoms with Crippen LogP contribution in [0.5, 0.6) is 0 Å². The number of aryl methyl sites for hydroxylation is 1. The number of nitrogens with one attached hydrogen (secondary N) is 1. The predicted molar refractivity (Wildman–Crippen MR) is 113 cm³/mol. The van der Waals surface area contributed by atoms with Gasteiger partial charge in [-0.1, -0.05) is 48.5 Å². The Kier molecular flexibility index (Phi) is 6.06. The lowest BCUT2D eigenvalue weighted by Gasteiger charge is -2.25. The Morgan fingerprint density at radius 3 is 2.41 bits per heavy atom. The fourth-order valence-electron chi connectivity index (χ4n) is 3.84. The van der Waals surface area contributed by atoms with E-state index in [9.17, 15) is 4.79 Å². The van der Waals surface area contributed by atoms with Crippen LogP contribution in [-0.4, -0.2) is 35.4 Å². The fraction of sp³-hybridized carbons (Fsp3) is 0.333. The first-order valence-corrected chi connectivity index (χ1v) is 10.3. The zero-order valence-corrected chi connectivity index (χ0v) is 16.8. The highest BCUT2D eigenvalue weighted by Gasteiger charge is 2.22. The number of rotatable bonds is 7. The van der Waals surface area contributed by atoms with Crippen molar-refractivity contribution in [1.29, 1.82) is 0 Å². The molecule has 0 radical (unpaired) electrons. The average Bonchev–Trinajstić information content (AvgIpc) is 3.39. The molecule has 1 unspecified atom stereocenters. The van der Waals surface area contributed by atoms with Crippen molar-refractivity contribution in [2.75, 3.05) is 19.6 Å². The number of carbonyl (C=O) groups is 1. The maximum Gasteiger partial charge on any atom is 0.226 e. The number of aromatic nitrogens is 1. The van der Waals surface area contributed by atoms with Crippen molar-refractivity contribution in [1.82, 2.24) is 15.2 Å². The molecule has 4 rings (SSSR count). The number of benzene rings is 2. The van der Waals surface area contributed by atoms with E-state index >= 15 is 0 Å². The standard InChI is InChI=1S/C24H27N3O2/c1-18-21(26-24(29-18)20-12-6-3-7-13-20)16-23(28)25-22(17-27-14-8-9-15-27)19-10-4-2-5-11-19/h2-7,10-13,22H,8-9,14-17H2,1H3,(H,25,28). The zero-order chi connectivity index (χ0) is 20.1. The second-order valence-corrected chi connectivity index (χ2v) is 7.60. The maximum atomic E-state index is 12.9. The number of hydrogen-bond donors (Lipinski definition) is 1. The molecule has 1 atom stereocenters. The number of carbonyl (C=O) groups excluding carboxylic acids is 1. The number of hydrogen-bond acceptors (Lipinski definition) is 4. The van der Waals surface area contributed by atoms with Crippen molar-refractivity contribution in [2.24, 2.45) is 0 Å². The summed E-state index contributed by atoms with van der Waals surface area (Å²) >= 11 is 0. The molecule has 0 bridgehead atoms. The monoisotopic (exact) mass is 389 g/mol. The minimum absolute atomic E-state index is 0.0254. The van der Waals surface area contributed by atoms with Gasteiger partial charge in [0, 0.05) is 12.1 Å². The molecule has 0 saturated carbocycles. The Labute approximate surface area is 171 Å². The van der Waals surface area contributed by atoms with E-state index in [0.717, 1.165) is 30.8 Å². The minimum Gasteiger partial charge on any atom is -0.441 e. The molecule has 2 heterocycles. The molecule has 3 aromatic rings. The SMILES string of the molecule is Cc1oc(-c2ccccc2)nc1CC(=O)NC(CN1CCCC1)c1ccccc1. The van der Waals surface area contributed by atoms with Gasteiger partial charge in [-0.3, -0.25) is 4.79 Å². The Hall–Kier alpha value is -2.92. The van der Waals surface area contributed by atoms with E-state index in [1.54, 1.807) is 0 Å². The van der Waals surface area contributed by atoms with Gasteiger partial charge in [-0.15, -0.1) is 0 Å². The molecule has 2 aromatic carbocycles. The van der Waals surface area contributed by atoms with Crippen LogP contribution in [-0.2, 0) is 11.2 Å². The van der Waals surface area contributed by atoms with Gasteiger partial charge in [-0.2, -0.15) is 0 Å². The van der Waals surface area contributed by atoms with Crippen LogP contribution in [0, 0.1) is 6.92 Å². The van der Waals surface area contributed by atoms with E-state index in [2.05, 4.69) is 27.3 Å². The Balaban J connectivity index is 1.46. The fourth-order valence-corrected chi connectivity index (χ4v) is 3.84. The molecule has 1 aromatic heterocycles. The van der Waals surface area contributed by atoms with Crippen LogP contribution >= 0.6 is 0 Å². The van der Waals surface area contributed by atoms with Crippen LogP contribution < -0.4 is 5.32 Å². The lowest BCUT2D eigenvalue weighted by atomic mass is 10.1. The first kappa shape index (κ1) is 19.4. The van der Waals surface area contributed by atoms with Crippen molar-refractivity contribution in [3.8, 4) is 11.5 Å². The highest BCUT2D eigenvalue weighted by Crippen LogP contribution is 2.22. The second-order valence-electron chi connectivity index (χ2n) is 7.60. The first-order chi connectivity index (χ1) is 14.2. The minimum atomic E-state index is -0.0333. The predicted octanol–water partition coefficient (Wildman–Crippen LogP) is 4.15. The molecule has 1 aliphatic heterocycles. The summed E-state index contributed by atoms with van der Waals surface area (Å²) in [5.41, 5.74) is 2.74. The quantitative estimate of drug-likeness (QED) is 0.660. The number of nitrogens with zero attached hydrogens (tertiary/aromatic N) is 2. The van der Waals surface area contributed by atoms with Crippen LogP contribution in [0.4, 0.5) is 0 Å². The molecule has 1 saturated heterocycles. The lowest BCUT2D eigenvalue weighted by Crippen LogP contribution is -2.37. The summed E-state index contributed by atoms with van der Waals surface area (Å²) in [7, 11) is 0. The molecule has 1 fully saturated rings. The van der Waals surface area contributed by atoms with Gasteiger partial charge in [0.15, 0.2) is 0 Å². The summed E-state index contributed by atoms with van der Waals surface area (Å²) in [6.07, 6.45) is 2.68. The molecule has 5 nitrogen and oxygen atoms in total. The van der Waals surface area contributed by atoms with E-state index in [1.165, 1.54) is 12.8 Å². The van der Waals surface area contributed by atoms with Gasteiger partial charge in [0.25, 0.3) is 0 Å². The molecular weight excluding hydrogens is 362 g/mol. The third-order valence-corrected chi connectivity index (χ3v) is 5.42. The summed E-state index contributed by atoms with van der Waals surface area (Å²) < 4.78 is 5.80. The Morgan fingerprint density at radius 1 is 1.07 bits per heavy atom. The maximum absolute atomic E-state index is 12.9. The van der Waals surface area contributed by atoms with Crippen LogP contribution in [0.25, 0.3) is 11.5 Å². The molecule has 150 valence electrons. The summed E-state index contributed by atoms with van der Waals surface area (Å²) in [6, 6.07) is 19.9. The largest absolute Gasteiger partial charge is 0.441 e. The number of oxazole rings is 1. The van der Waals surface area contributed by atoms with Crippen molar-refractivity contribution in [3.05, 3.63) is 77.7 Å². The summed E-state index contributed by atoms with van der Waals surface area (Å²) in [5.74, 6) is 1.21. The summed E-state index contributed by atoms with van der Waals surface area (Å²) in [5, 5.41) is 3.22. The number of likely N-dealkylation sites (tertiary alicyclic amines) is 1. The molecule has 0 aliphatic carbocycles. The van der Waals surface area contributed by atoms with Gasteiger partial charge in [0.2, 0.25) is 11.8 Å². The van der Waals surface area contributed by atoms with Crippen molar-refractivity contribution in [3.63, 3.8) is 0 Å². The lowest BCUT2D eigenvalue weighted by molar-refractivity contribution is -0.121. The number of amides is 1. The third kappa shape index (κ3) is 4.93. The summed E-state index contributed by atoms with van der Waals surface area (Å²) in [4.78, 5) is 19.8. The van der Waals surface area contributed by atoms with Gasteiger partial charge >= 0.3 is 0 Å². The van der Waals surface area contributed by atoms with Crippen LogP contribution in [0.3, 0.4) is 0 Å². The van der Waals surface area contributed by atoms with Gasteiger partial charge in [-0.05, 0) is 50.6 Å². The van der Waals surface area contributed by atoms with Crippen LogP contribution in [0.15, 0.2) is 65.1 Å². The highest BCUT2D eigenvalue weighted by molar-refractivity contribution is 5.79. The van der Waals surface area contributed by atoms with E-state index in [0.29, 0.717) is 17.3 Å². The Bertz CT molecular complexity index is 931. The molecule has 1 aliphatic rings. The smallest absolute Gasteiger partial charge is 0.226 e. The topological polar surface area (TPSA) is 58.4 Å². The average molecular weight is 389 g/mol. The molecular formula is C24H27N3O2. The molecule has 5 heteroatoms. The van der Waals surface area contributed by atoms with Gasteiger partial charge in [0.05, 0.1) is 18.2 Å². The Morgan fingerprint density at radius 2 is 1.72 bits per heavy atom. The van der Waals surface area contributed by atoms with Crippen LogP contribution in [0.1, 0.15) is 35.9 Å². The molecule has 1 N–H and O–H groups in total. The normalized spacial score (nSPS) is 15.3. The van der Waals surface area contributed by atoms with E-state index < -0.39 is 0 Å². The molecule has 29 heavy (non-hydrogen) atoms. The third-order valence-electron chi connectivity index (χ3n) is 5.42. The summed E-state index contributed by atoms with van der Waals surface area (Å²) in [6.45, 7) is 4.90. The first-order valence-electron chi connectivity index (χ1n) is 10.3. The van der Waals surface area contributed by atoms with Crippen molar-refractivity contribution < 1.29 is 9.21 Å². The van der Waals surface area contributed by atoms with E-state index in [1.807, 2.05) is 55.5 Å². The zero-order valence-electron chi connectivity index (χ0n) is 16.8. The van der Waals surface area contributed by atoms with E-state index in [-0.39, 0.29) is 18.4 Å². The molecule has 1 amide bonds. The highest BCUT2D eigenvalue weighted by atomic mass is 16.4. The van der Waals surface area contributed by atoms with Crippen LogP contribution in [0.2, 0.25) is 0 Å². The van der Waals surface area contributed by atoms with Crippen molar-refractivity contribution in [2.45, 2.75) is 32.2 Å². The van der Waals surface area contributed by atoms with Gasteiger partial charge < -0.3 is 14.6 Å². The van der Waals surface area contributed by atoms with Crippen molar-refractivity contribution >= 4 is 5.91 Å². The van der Waals surface area contributed by atoms with E-state index in [4.69, 9.17) is 4.42 Å².